The van der Waals surface area contributed by atoms with E-state index < -0.39 is 0 Å². The zero-order chi connectivity index (χ0) is 18.0. The van der Waals surface area contributed by atoms with Gasteiger partial charge >= 0.3 is 0 Å². The SMILES string of the molecule is CC1=CC=CC(C)(C)C1/C=C/P/C=C/C1=C(C)C[C@@H](O)CC1(C)C. The Morgan fingerprint density at radius 2 is 1.88 bits per heavy atom. The summed E-state index contributed by atoms with van der Waals surface area (Å²) in [6, 6.07) is 0. The highest BCUT2D eigenvalue weighted by Crippen LogP contribution is 2.42. The predicted molar refractivity (Wildman–Crippen MR) is 108 cm³/mol. The average molecular weight is 344 g/mol. The first kappa shape index (κ1) is 19.4. The van der Waals surface area contributed by atoms with E-state index in [1.54, 1.807) is 0 Å². The third kappa shape index (κ3) is 4.58. The van der Waals surface area contributed by atoms with E-state index in [-0.39, 0.29) is 16.9 Å². The van der Waals surface area contributed by atoms with Gasteiger partial charge in [0.05, 0.1) is 6.10 Å². The molecule has 3 atom stereocenters. The minimum Gasteiger partial charge on any atom is -0.393 e. The molecule has 0 aromatic heterocycles. The summed E-state index contributed by atoms with van der Waals surface area (Å²) in [5.74, 6) is 5.10. The molecule has 0 saturated heterocycles. The van der Waals surface area contributed by atoms with Gasteiger partial charge in [-0.3, -0.25) is 0 Å². The third-order valence-corrected chi connectivity index (χ3v) is 6.13. The lowest BCUT2D eigenvalue weighted by Gasteiger charge is -2.35. The molecular weight excluding hydrogens is 311 g/mol. The number of allylic oxidation sites excluding steroid dienone is 7. The number of hydrogen-bond acceptors (Lipinski definition) is 1. The zero-order valence-corrected chi connectivity index (χ0v) is 17.1. The van der Waals surface area contributed by atoms with Gasteiger partial charge in [-0.05, 0) is 43.1 Å². The molecule has 1 N–H and O–H groups in total. The summed E-state index contributed by atoms with van der Waals surface area (Å²) in [6.45, 7) is 13.5. The molecule has 0 heterocycles. The summed E-state index contributed by atoms with van der Waals surface area (Å²) >= 11 is 0. The van der Waals surface area contributed by atoms with Gasteiger partial charge in [-0.25, -0.2) is 0 Å². The third-order valence-electron chi connectivity index (χ3n) is 5.38. The Bertz CT molecular complexity index is 614. The van der Waals surface area contributed by atoms with E-state index >= 15 is 0 Å². The maximum absolute atomic E-state index is 9.98. The van der Waals surface area contributed by atoms with Crippen LogP contribution in [0.2, 0.25) is 0 Å². The molecule has 2 rings (SSSR count). The van der Waals surface area contributed by atoms with Crippen molar-refractivity contribution in [1.29, 1.82) is 0 Å². The maximum Gasteiger partial charge on any atom is 0.0585 e. The Balaban J connectivity index is 2.01. The molecule has 0 aromatic rings. The monoisotopic (exact) mass is 344 g/mol. The van der Waals surface area contributed by atoms with E-state index in [0.29, 0.717) is 14.5 Å². The summed E-state index contributed by atoms with van der Waals surface area (Å²) in [5.41, 5.74) is 4.45. The standard InChI is InChI=1S/C22H33OP/c1-16-8-7-11-21(3,4)19(16)9-12-24-13-10-20-17(2)14-18(23)15-22(20,5)6/h7-13,18-19,23-24H,14-15H2,1-6H3/b12-9+,13-10+/t18-,19?/m1/s1. The number of hydrogen-bond donors (Lipinski definition) is 1. The number of rotatable bonds is 4. The lowest BCUT2D eigenvalue weighted by atomic mass is 9.72. The summed E-state index contributed by atoms with van der Waals surface area (Å²) in [4.78, 5) is 0. The molecule has 0 spiro atoms. The van der Waals surface area contributed by atoms with Crippen LogP contribution in [-0.2, 0) is 0 Å². The van der Waals surface area contributed by atoms with Gasteiger partial charge in [-0.2, -0.15) is 0 Å². The molecule has 132 valence electrons. The normalized spacial score (nSPS) is 30.0. The molecule has 24 heavy (non-hydrogen) atoms. The fourth-order valence-corrected chi connectivity index (χ4v) is 4.84. The smallest absolute Gasteiger partial charge is 0.0585 e. The Morgan fingerprint density at radius 1 is 1.17 bits per heavy atom. The molecule has 0 aliphatic heterocycles. The van der Waals surface area contributed by atoms with Crippen LogP contribution in [0.25, 0.3) is 0 Å². The predicted octanol–water partition coefficient (Wildman–Crippen LogP) is 6.35. The minimum atomic E-state index is -0.184. The molecule has 0 aromatic carbocycles. The Kier molecular flexibility index (Phi) is 6.10. The van der Waals surface area contributed by atoms with E-state index in [0.717, 1.165) is 12.8 Å². The van der Waals surface area contributed by atoms with Crippen molar-refractivity contribution in [2.45, 2.75) is 60.5 Å². The molecule has 2 unspecified atom stereocenters. The van der Waals surface area contributed by atoms with Crippen molar-refractivity contribution in [3.8, 4) is 0 Å². The second kappa shape index (κ2) is 7.54. The first-order chi connectivity index (χ1) is 11.1. The van der Waals surface area contributed by atoms with E-state index in [1.807, 2.05) is 0 Å². The second-order valence-corrected chi connectivity index (χ2v) is 9.57. The number of aliphatic hydroxyl groups excluding tert-OH is 1. The lowest BCUT2D eigenvalue weighted by molar-refractivity contribution is 0.116. The second-order valence-electron chi connectivity index (χ2n) is 8.57. The highest BCUT2D eigenvalue weighted by atomic mass is 31.1. The van der Waals surface area contributed by atoms with Crippen LogP contribution in [0.15, 0.2) is 58.7 Å². The quantitative estimate of drug-likeness (QED) is 0.589. The zero-order valence-electron chi connectivity index (χ0n) is 16.1. The van der Waals surface area contributed by atoms with E-state index in [9.17, 15) is 5.11 Å². The molecule has 1 nitrogen and oxygen atoms in total. The first-order valence-electron chi connectivity index (χ1n) is 8.97. The molecule has 0 fully saturated rings. The van der Waals surface area contributed by atoms with Crippen LogP contribution in [-0.4, -0.2) is 11.2 Å². The summed E-state index contributed by atoms with van der Waals surface area (Å²) in [6.07, 6.45) is 12.9. The topological polar surface area (TPSA) is 20.2 Å². The summed E-state index contributed by atoms with van der Waals surface area (Å²) < 4.78 is 0. The van der Waals surface area contributed by atoms with Crippen LogP contribution in [0.4, 0.5) is 0 Å². The summed E-state index contributed by atoms with van der Waals surface area (Å²) in [7, 11) is 0.697. The van der Waals surface area contributed by atoms with E-state index in [1.165, 1.54) is 16.7 Å². The molecule has 0 bridgehead atoms. The van der Waals surface area contributed by atoms with Crippen molar-refractivity contribution in [1.82, 2.24) is 0 Å². The molecule has 2 aliphatic carbocycles. The molecule has 0 radical (unpaired) electrons. The Morgan fingerprint density at radius 3 is 2.50 bits per heavy atom. The van der Waals surface area contributed by atoms with Gasteiger partial charge in [-0.15, -0.1) is 0 Å². The molecule has 0 saturated carbocycles. The van der Waals surface area contributed by atoms with Gasteiger partial charge in [0.25, 0.3) is 0 Å². The van der Waals surface area contributed by atoms with E-state index in [2.05, 4.69) is 83.6 Å². The van der Waals surface area contributed by atoms with Gasteiger partial charge in [0.15, 0.2) is 0 Å². The van der Waals surface area contributed by atoms with E-state index in [4.69, 9.17) is 0 Å². The molecular formula is C22H33OP. The number of aliphatic hydroxyl groups is 1. The average Bonchev–Trinajstić information content (AvgIpc) is 2.42. The Hall–Kier alpha value is -0.910. The van der Waals surface area contributed by atoms with Crippen LogP contribution in [0, 0.1) is 16.7 Å². The minimum absolute atomic E-state index is 0.0714. The summed E-state index contributed by atoms with van der Waals surface area (Å²) in [5, 5.41) is 9.98. The fourth-order valence-electron chi connectivity index (χ4n) is 4.16. The van der Waals surface area contributed by atoms with Gasteiger partial charge in [-0.1, -0.05) is 89.4 Å². The maximum atomic E-state index is 9.98. The Labute approximate surface area is 150 Å². The fraction of sp³-hybridized carbons (Fsp3) is 0.545. The van der Waals surface area contributed by atoms with Crippen molar-refractivity contribution in [3.05, 3.63) is 58.7 Å². The van der Waals surface area contributed by atoms with Crippen LogP contribution in [0.1, 0.15) is 54.4 Å². The highest BCUT2D eigenvalue weighted by Gasteiger charge is 2.31. The van der Waals surface area contributed by atoms with Crippen molar-refractivity contribution >= 4 is 8.58 Å². The molecule has 2 heteroatoms. The van der Waals surface area contributed by atoms with Crippen molar-refractivity contribution in [2.75, 3.05) is 0 Å². The van der Waals surface area contributed by atoms with Crippen LogP contribution in [0.3, 0.4) is 0 Å². The lowest BCUT2D eigenvalue weighted by Crippen LogP contribution is -2.28. The van der Waals surface area contributed by atoms with Crippen molar-refractivity contribution < 1.29 is 5.11 Å². The van der Waals surface area contributed by atoms with Crippen molar-refractivity contribution in [3.63, 3.8) is 0 Å². The molecule has 0 amide bonds. The first-order valence-corrected chi connectivity index (χ1v) is 10.1. The van der Waals surface area contributed by atoms with Crippen molar-refractivity contribution in [2.24, 2.45) is 16.7 Å². The van der Waals surface area contributed by atoms with Gasteiger partial charge in [0, 0.05) is 5.92 Å². The molecule has 2 aliphatic rings. The highest BCUT2D eigenvalue weighted by molar-refractivity contribution is 7.45. The van der Waals surface area contributed by atoms with Crippen LogP contribution < -0.4 is 0 Å². The van der Waals surface area contributed by atoms with Crippen LogP contribution in [0.5, 0.6) is 0 Å². The van der Waals surface area contributed by atoms with Gasteiger partial charge in [0.1, 0.15) is 0 Å². The van der Waals surface area contributed by atoms with Crippen LogP contribution >= 0.6 is 8.58 Å². The van der Waals surface area contributed by atoms with Gasteiger partial charge in [0.2, 0.25) is 0 Å². The van der Waals surface area contributed by atoms with Gasteiger partial charge < -0.3 is 5.11 Å². The largest absolute Gasteiger partial charge is 0.393 e.